The zero-order chi connectivity index (χ0) is 20.5. The molecule has 0 aromatic heterocycles. The van der Waals surface area contributed by atoms with Gasteiger partial charge in [0.15, 0.2) is 0 Å². The number of hydrogen-bond acceptors (Lipinski definition) is 3. The van der Waals surface area contributed by atoms with Crippen molar-refractivity contribution in [2.24, 2.45) is 0 Å². The fraction of sp³-hybridized carbons (Fsp3) is 0.400. The van der Waals surface area contributed by atoms with Gasteiger partial charge in [-0.05, 0) is 30.2 Å². The van der Waals surface area contributed by atoms with Crippen molar-refractivity contribution in [3.63, 3.8) is 0 Å². The molecule has 29 heavy (non-hydrogen) atoms. The Hall–Kier alpha value is -2.43. The number of benzene rings is 2. The maximum atomic E-state index is 12.9. The summed E-state index contributed by atoms with van der Waals surface area (Å²) in [5.41, 5.74) is 3.15. The van der Waals surface area contributed by atoms with E-state index in [1.807, 2.05) is 49.4 Å². The monoisotopic (exact) mass is 391 g/mol. The van der Waals surface area contributed by atoms with Crippen LogP contribution in [0, 0.1) is 0 Å². The molecule has 1 N–H and O–H groups in total. The van der Waals surface area contributed by atoms with Crippen LogP contribution in [0.5, 0.6) is 0 Å². The van der Waals surface area contributed by atoms with E-state index in [-0.39, 0.29) is 11.9 Å². The number of carbonyl (C=O) groups excluding carboxylic acids is 1. The summed E-state index contributed by atoms with van der Waals surface area (Å²) in [6, 6.07) is 20.8. The molecule has 0 radical (unpaired) electrons. The van der Waals surface area contributed by atoms with Crippen LogP contribution in [0.4, 0.5) is 0 Å². The van der Waals surface area contributed by atoms with Crippen LogP contribution in [0.3, 0.4) is 0 Å². The summed E-state index contributed by atoms with van der Waals surface area (Å²) in [5, 5.41) is 3.21. The highest BCUT2D eigenvalue weighted by Gasteiger charge is 2.25. The summed E-state index contributed by atoms with van der Waals surface area (Å²) < 4.78 is 0. The van der Waals surface area contributed by atoms with Crippen molar-refractivity contribution in [1.82, 2.24) is 15.1 Å². The van der Waals surface area contributed by atoms with Crippen LogP contribution in [-0.4, -0.2) is 55.0 Å². The largest absolute Gasteiger partial charge is 0.350 e. The summed E-state index contributed by atoms with van der Waals surface area (Å²) >= 11 is 0. The van der Waals surface area contributed by atoms with Gasteiger partial charge in [0.2, 0.25) is 5.91 Å². The third-order valence-corrected chi connectivity index (χ3v) is 5.75. The molecule has 1 heterocycles. The van der Waals surface area contributed by atoms with Gasteiger partial charge in [0.1, 0.15) is 0 Å². The molecule has 1 unspecified atom stereocenters. The minimum atomic E-state index is 0.0319. The van der Waals surface area contributed by atoms with Gasteiger partial charge in [0, 0.05) is 38.3 Å². The molecule has 4 nitrogen and oxygen atoms in total. The fourth-order valence-corrected chi connectivity index (χ4v) is 3.91. The lowest BCUT2D eigenvalue weighted by Crippen LogP contribution is -2.49. The van der Waals surface area contributed by atoms with E-state index in [2.05, 4.69) is 46.3 Å². The number of rotatable bonds is 8. The minimum absolute atomic E-state index is 0.0319. The molecule has 154 valence electrons. The molecule has 1 fully saturated rings. The predicted molar refractivity (Wildman–Crippen MR) is 121 cm³/mol. The number of carbonyl (C=O) groups is 1. The summed E-state index contributed by atoms with van der Waals surface area (Å²) in [4.78, 5) is 17.9. The van der Waals surface area contributed by atoms with Gasteiger partial charge in [-0.15, -0.1) is 0 Å². The fourth-order valence-electron chi connectivity index (χ4n) is 3.91. The predicted octanol–water partition coefficient (Wildman–Crippen LogP) is 3.98. The van der Waals surface area contributed by atoms with E-state index >= 15 is 0 Å². The van der Waals surface area contributed by atoms with Gasteiger partial charge in [-0.1, -0.05) is 74.5 Å². The highest BCUT2D eigenvalue weighted by Crippen LogP contribution is 2.22. The second-order valence-corrected chi connectivity index (χ2v) is 7.54. The number of piperazine rings is 1. The van der Waals surface area contributed by atoms with E-state index in [0.717, 1.165) is 43.9 Å². The molecule has 4 heteroatoms. The molecule has 1 atom stereocenters. The van der Waals surface area contributed by atoms with E-state index < -0.39 is 0 Å². The van der Waals surface area contributed by atoms with E-state index in [1.165, 1.54) is 5.56 Å². The topological polar surface area (TPSA) is 35.6 Å². The lowest BCUT2D eigenvalue weighted by Gasteiger charge is -2.39. The first-order valence-electron chi connectivity index (χ1n) is 10.8. The van der Waals surface area contributed by atoms with Gasteiger partial charge in [-0.25, -0.2) is 0 Å². The standard InChI is InChI=1S/C25H33N3O/c1-3-22(19-21-11-7-5-8-12-21)25(29)26-20-24(23-13-9-6-10-14-23)28-17-15-27(4-2)16-18-28/h5-14,19,24H,3-4,15-18,20H2,1-2H3,(H,26,29)/b22-19+. The van der Waals surface area contributed by atoms with Gasteiger partial charge < -0.3 is 10.2 Å². The molecule has 0 bridgehead atoms. The van der Waals surface area contributed by atoms with Crippen LogP contribution < -0.4 is 5.32 Å². The molecule has 1 amide bonds. The molecule has 2 aromatic carbocycles. The highest BCUT2D eigenvalue weighted by atomic mass is 16.1. The smallest absolute Gasteiger partial charge is 0.247 e. The number of nitrogens with one attached hydrogen (secondary N) is 1. The maximum Gasteiger partial charge on any atom is 0.247 e. The van der Waals surface area contributed by atoms with E-state index in [0.29, 0.717) is 13.0 Å². The summed E-state index contributed by atoms with van der Waals surface area (Å²) in [6.07, 6.45) is 2.71. The van der Waals surface area contributed by atoms with Crippen LogP contribution in [0.25, 0.3) is 6.08 Å². The molecule has 0 saturated carbocycles. The Morgan fingerprint density at radius 2 is 1.59 bits per heavy atom. The molecule has 0 aliphatic carbocycles. The zero-order valence-electron chi connectivity index (χ0n) is 17.7. The van der Waals surface area contributed by atoms with E-state index in [4.69, 9.17) is 0 Å². The Morgan fingerprint density at radius 1 is 0.966 bits per heavy atom. The highest BCUT2D eigenvalue weighted by molar-refractivity contribution is 5.97. The lowest BCUT2D eigenvalue weighted by atomic mass is 10.0. The van der Waals surface area contributed by atoms with Crippen molar-refractivity contribution in [2.75, 3.05) is 39.3 Å². The Kier molecular flexibility index (Phi) is 8.03. The molecule has 1 aliphatic heterocycles. The second kappa shape index (κ2) is 10.9. The van der Waals surface area contributed by atoms with Crippen molar-refractivity contribution in [3.05, 3.63) is 77.4 Å². The average molecular weight is 392 g/mol. The molecule has 1 saturated heterocycles. The third kappa shape index (κ3) is 6.02. The zero-order valence-corrected chi connectivity index (χ0v) is 17.7. The van der Waals surface area contributed by atoms with E-state index in [9.17, 15) is 4.79 Å². The van der Waals surface area contributed by atoms with Crippen molar-refractivity contribution < 1.29 is 4.79 Å². The van der Waals surface area contributed by atoms with Crippen molar-refractivity contribution in [3.8, 4) is 0 Å². The van der Waals surface area contributed by atoms with Crippen molar-refractivity contribution in [2.45, 2.75) is 26.3 Å². The number of nitrogens with zero attached hydrogens (tertiary/aromatic N) is 2. The average Bonchev–Trinajstić information content (AvgIpc) is 2.79. The Balaban J connectivity index is 1.69. The van der Waals surface area contributed by atoms with Gasteiger partial charge in [0.05, 0.1) is 6.04 Å². The third-order valence-electron chi connectivity index (χ3n) is 5.75. The van der Waals surface area contributed by atoms with Crippen LogP contribution in [0.15, 0.2) is 66.2 Å². The summed E-state index contributed by atoms with van der Waals surface area (Å²) in [7, 11) is 0. The maximum absolute atomic E-state index is 12.9. The Bertz CT molecular complexity index is 780. The SMILES string of the molecule is CC/C(=C\c1ccccc1)C(=O)NCC(c1ccccc1)N1CCN(CC)CC1. The number of amides is 1. The van der Waals surface area contributed by atoms with Crippen molar-refractivity contribution in [1.29, 1.82) is 0 Å². The van der Waals surface area contributed by atoms with Crippen molar-refractivity contribution >= 4 is 12.0 Å². The van der Waals surface area contributed by atoms with Crippen LogP contribution in [-0.2, 0) is 4.79 Å². The van der Waals surface area contributed by atoms with Crippen LogP contribution in [0.2, 0.25) is 0 Å². The van der Waals surface area contributed by atoms with Gasteiger partial charge >= 0.3 is 0 Å². The van der Waals surface area contributed by atoms with Gasteiger partial charge in [-0.3, -0.25) is 9.69 Å². The number of likely N-dealkylation sites (N-methyl/N-ethyl adjacent to an activating group) is 1. The van der Waals surface area contributed by atoms with E-state index in [1.54, 1.807) is 0 Å². The van der Waals surface area contributed by atoms with Crippen LogP contribution >= 0.6 is 0 Å². The first kappa shape index (κ1) is 21.3. The van der Waals surface area contributed by atoms with Gasteiger partial charge in [0.25, 0.3) is 0 Å². The summed E-state index contributed by atoms with van der Waals surface area (Å²) in [5.74, 6) is 0.0319. The summed E-state index contributed by atoms with van der Waals surface area (Å²) in [6.45, 7) is 10.2. The Morgan fingerprint density at radius 3 is 2.17 bits per heavy atom. The Labute approximate surface area is 175 Å². The first-order chi connectivity index (χ1) is 14.2. The molecular weight excluding hydrogens is 358 g/mol. The minimum Gasteiger partial charge on any atom is -0.350 e. The molecule has 3 rings (SSSR count). The second-order valence-electron chi connectivity index (χ2n) is 7.54. The molecule has 1 aliphatic rings. The molecule has 2 aromatic rings. The normalized spacial score (nSPS) is 17.1. The molecule has 0 spiro atoms. The van der Waals surface area contributed by atoms with Gasteiger partial charge in [-0.2, -0.15) is 0 Å². The lowest BCUT2D eigenvalue weighted by molar-refractivity contribution is -0.117. The quantitative estimate of drug-likeness (QED) is 0.692. The van der Waals surface area contributed by atoms with Crippen LogP contribution in [0.1, 0.15) is 37.4 Å². The number of hydrogen-bond donors (Lipinski definition) is 1. The molecular formula is C25H33N3O. The first-order valence-corrected chi connectivity index (χ1v) is 10.8.